The Hall–Kier alpha value is -2.29. The van der Waals surface area contributed by atoms with Crippen molar-refractivity contribution >= 4 is 16.8 Å². The average Bonchev–Trinajstić information content (AvgIpc) is 3.15. The van der Waals surface area contributed by atoms with Gasteiger partial charge in [-0.05, 0) is 37.4 Å². The lowest BCUT2D eigenvalue weighted by molar-refractivity contribution is -0.139. The topological polar surface area (TPSA) is 113 Å². The Morgan fingerprint density at radius 3 is 3.07 bits per heavy atom. The number of ether oxygens (including phenoxy) is 1. The molecule has 28 heavy (non-hydrogen) atoms. The second-order valence-electron chi connectivity index (χ2n) is 7.67. The molecule has 2 aliphatic rings. The highest BCUT2D eigenvalue weighted by atomic mass is 16.5. The molecule has 0 spiro atoms. The minimum atomic E-state index is -0.514. The number of carbonyl (C=O) groups is 1. The Kier molecular flexibility index (Phi) is 5.70. The fourth-order valence-corrected chi connectivity index (χ4v) is 4.21. The first-order valence-electron chi connectivity index (χ1n) is 9.96. The molecule has 2 fully saturated rings. The first-order valence-corrected chi connectivity index (χ1v) is 9.96. The van der Waals surface area contributed by atoms with Gasteiger partial charge in [-0.3, -0.25) is 14.5 Å². The van der Waals surface area contributed by atoms with Crippen molar-refractivity contribution in [3.8, 4) is 0 Å². The fraction of sp³-hybridized carbons (Fsp3) is 0.550. The van der Waals surface area contributed by atoms with E-state index in [1.54, 1.807) is 6.07 Å². The van der Waals surface area contributed by atoms with Crippen molar-refractivity contribution in [2.24, 2.45) is 11.7 Å². The fourth-order valence-electron chi connectivity index (χ4n) is 4.21. The number of nitrogens with two attached hydrogens (primary N) is 1. The number of aromatic amines is 1. The summed E-state index contributed by atoms with van der Waals surface area (Å²) < 4.78 is 5.70. The molecule has 8 heteroatoms. The van der Waals surface area contributed by atoms with E-state index in [1.165, 1.54) is 0 Å². The maximum absolute atomic E-state index is 12.7. The van der Waals surface area contributed by atoms with Crippen LogP contribution in [0.3, 0.4) is 0 Å². The standard InChI is InChI=1S/C20H27N5O3/c21-10-13-4-3-7-15(13)23-20(27)17-11-25(8-9-28-17)12-18-22-16-6-2-1-5-14(16)19(26)24-18/h1-2,5-6,13,15,17H,3-4,7-12,21H2,(H,23,27)(H,22,24,26). The number of hydrogen-bond acceptors (Lipinski definition) is 6. The van der Waals surface area contributed by atoms with Crippen LogP contribution in [-0.4, -0.2) is 59.2 Å². The van der Waals surface area contributed by atoms with Gasteiger partial charge in [0.15, 0.2) is 0 Å². The van der Waals surface area contributed by atoms with Crippen LogP contribution in [0.25, 0.3) is 10.9 Å². The third-order valence-electron chi connectivity index (χ3n) is 5.77. The molecular weight excluding hydrogens is 358 g/mol. The Morgan fingerprint density at radius 1 is 1.36 bits per heavy atom. The highest BCUT2D eigenvalue weighted by Gasteiger charge is 2.32. The first kappa shape index (κ1) is 19.0. The van der Waals surface area contributed by atoms with E-state index in [0.29, 0.717) is 55.4 Å². The zero-order valence-electron chi connectivity index (χ0n) is 15.9. The van der Waals surface area contributed by atoms with Gasteiger partial charge in [0.1, 0.15) is 11.9 Å². The summed E-state index contributed by atoms with van der Waals surface area (Å²) in [4.78, 5) is 34.4. The number of carbonyl (C=O) groups excluding carboxylic acids is 1. The lowest BCUT2D eigenvalue weighted by Gasteiger charge is -2.32. The van der Waals surface area contributed by atoms with Crippen LogP contribution in [0.2, 0.25) is 0 Å². The van der Waals surface area contributed by atoms with Crippen LogP contribution in [0.4, 0.5) is 0 Å². The van der Waals surface area contributed by atoms with Gasteiger partial charge < -0.3 is 20.8 Å². The summed E-state index contributed by atoms with van der Waals surface area (Å²) in [6, 6.07) is 7.43. The summed E-state index contributed by atoms with van der Waals surface area (Å²) in [5, 5.41) is 3.70. The number of benzene rings is 1. The molecule has 3 atom stereocenters. The zero-order chi connectivity index (χ0) is 19.5. The molecule has 1 saturated carbocycles. The molecule has 1 aromatic carbocycles. The summed E-state index contributed by atoms with van der Waals surface area (Å²) in [6.07, 6.45) is 2.64. The monoisotopic (exact) mass is 385 g/mol. The largest absolute Gasteiger partial charge is 0.366 e. The van der Waals surface area contributed by atoms with Crippen LogP contribution in [-0.2, 0) is 16.1 Å². The maximum Gasteiger partial charge on any atom is 0.258 e. The van der Waals surface area contributed by atoms with Crippen molar-refractivity contribution in [2.45, 2.75) is 38.0 Å². The lowest BCUT2D eigenvalue weighted by atomic mass is 10.0. The van der Waals surface area contributed by atoms with Crippen molar-refractivity contribution in [1.82, 2.24) is 20.2 Å². The summed E-state index contributed by atoms with van der Waals surface area (Å²) >= 11 is 0. The molecule has 1 aromatic heterocycles. The zero-order valence-corrected chi connectivity index (χ0v) is 15.9. The van der Waals surface area contributed by atoms with E-state index in [2.05, 4.69) is 20.2 Å². The highest BCUT2D eigenvalue weighted by Crippen LogP contribution is 2.25. The molecule has 2 aromatic rings. The first-order chi connectivity index (χ1) is 13.6. The number of amides is 1. The predicted molar refractivity (Wildman–Crippen MR) is 106 cm³/mol. The maximum atomic E-state index is 12.7. The van der Waals surface area contributed by atoms with Gasteiger partial charge in [0, 0.05) is 19.1 Å². The quantitative estimate of drug-likeness (QED) is 0.685. The number of rotatable bonds is 5. The molecule has 0 radical (unpaired) electrons. The van der Waals surface area contributed by atoms with Crippen LogP contribution in [0.5, 0.6) is 0 Å². The van der Waals surface area contributed by atoms with Crippen LogP contribution in [0.1, 0.15) is 25.1 Å². The van der Waals surface area contributed by atoms with E-state index in [1.807, 2.05) is 18.2 Å². The highest BCUT2D eigenvalue weighted by molar-refractivity contribution is 5.81. The van der Waals surface area contributed by atoms with Gasteiger partial charge in [0.25, 0.3) is 11.5 Å². The molecule has 0 bridgehead atoms. The molecule has 1 aliphatic heterocycles. The van der Waals surface area contributed by atoms with Gasteiger partial charge in [0.05, 0.1) is 24.1 Å². The van der Waals surface area contributed by atoms with Gasteiger partial charge >= 0.3 is 0 Å². The third kappa shape index (κ3) is 4.09. The number of fused-ring (bicyclic) bond motifs is 1. The van der Waals surface area contributed by atoms with E-state index in [0.717, 1.165) is 19.3 Å². The third-order valence-corrected chi connectivity index (χ3v) is 5.77. The van der Waals surface area contributed by atoms with Crippen molar-refractivity contribution in [3.63, 3.8) is 0 Å². The number of nitrogens with one attached hydrogen (secondary N) is 2. The predicted octanol–water partition coefficient (Wildman–Crippen LogP) is 0.368. The summed E-state index contributed by atoms with van der Waals surface area (Å²) in [5.41, 5.74) is 6.35. The second-order valence-corrected chi connectivity index (χ2v) is 7.67. The van der Waals surface area contributed by atoms with Crippen LogP contribution < -0.4 is 16.6 Å². The lowest BCUT2D eigenvalue weighted by Crippen LogP contribution is -2.52. The molecule has 8 nitrogen and oxygen atoms in total. The van der Waals surface area contributed by atoms with E-state index in [4.69, 9.17) is 10.5 Å². The Bertz CT molecular complexity index is 899. The number of nitrogens with zero attached hydrogens (tertiary/aromatic N) is 2. The number of H-pyrrole nitrogens is 1. The van der Waals surface area contributed by atoms with Crippen LogP contribution in [0.15, 0.2) is 29.1 Å². The van der Waals surface area contributed by atoms with Crippen molar-refractivity contribution in [1.29, 1.82) is 0 Å². The Balaban J connectivity index is 1.40. The van der Waals surface area contributed by atoms with Gasteiger partial charge in [-0.15, -0.1) is 0 Å². The average molecular weight is 385 g/mol. The van der Waals surface area contributed by atoms with E-state index in [9.17, 15) is 9.59 Å². The van der Waals surface area contributed by atoms with Gasteiger partial charge in [-0.1, -0.05) is 18.6 Å². The number of hydrogen-bond donors (Lipinski definition) is 3. The van der Waals surface area contributed by atoms with Crippen molar-refractivity contribution < 1.29 is 9.53 Å². The normalized spacial score (nSPS) is 25.8. The second kappa shape index (κ2) is 8.38. The van der Waals surface area contributed by atoms with Crippen molar-refractivity contribution in [2.75, 3.05) is 26.2 Å². The molecule has 2 heterocycles. The van der Waals surface area contributed by atoms with Crippen LogP contribution in [0, 0.1) is 5.92 Å². The number of para-hydroxylation sites is 1. The van der Waals surface area contributed by atoms with E-state index < -0.39 is 6.10 Å². The number of morpholine rings is 1. The van der Waals surface area contributed by atoms with Gasteiger partial charge in [-0.25, -0.2) is 4.98 Å². The molecular formula is C20H27N5O3. The Labute approximate surface area is 163 Å². The molecule has 3 unspecified atom stereocenters. The van der Waals surface area contributed by atoms with E-state index in [-0.39, 0.29) is 17.5 Å². The summed E-state index contributed by atoms with van der Waals surface area (Å²) in [6.45, 7) is 2.71. The minimum Gasteiger partial charge on any atom is -0.366 e. The van der Waals surface area contributed by atoms with E-state index >= 15 is 0 Å². The van der Waals surface area contributed by atoms with Crippen molar-refractivity contribution in [3.05, 3.63) is 40.4 Å². The summed E-state index contributed by atoms with van der Waals surface area (Å²) in [7, 11) is 0. The molecule has 150 valence electrons. The molecule has 1 amide bonds. The van der Waals surface area contributed by atoms with Gasteiger partial charge in [-0.2, -0.15) is 0 Å². The molecule has 1 saturated heterocycles. The minimum absolute atomic E-state index is 0.0741. The summed E-state index contributed by atoms with van der Waals surface area (Å²) in [5.74, 6) is 0.884. The van der Waals surface area contributed by atoms with Gasteiger partial charge in [0.2, 0.25) is 0 Å². The SMILES string of the molecule is NCC1CCCC1NC(=O)C1CN(Cc2nc3ccccc3c(=O)[nH]2)CCO1. The molecule has 4 N–H and O–H groups in total. The van der Waals surface area contributed by atoms with Crippen LogP contribution >= 0.6 is 0 Å². The Morgan fingerprint density at radius 2 is 2.21 bits per heavy atom. The smallest absolute Gasteiger partial charge is 0.258 e. The molecule has 1 aliphatic carbocycles. The number of aromatic nitrogens is 2. The molecule has 4 rings (SSSR count).